The number of carboxylic acid groups (broad SMARTS) is 1. The zero-order valence-corrected chi connectivity index (χ0v) is 12.4. The van der Waals surface area contributed by atoms with E-state index in [1.54, 1.807) is 12.1 Å². The predicted octanol–water partition coefficient (Wildman–Crippen LogP) is 2.35. The van der Waals surface area contributed by atoms with Gasteiger partial charge in [0.25, 0.3) is 0 Å². The van der Waals surface area contributed by atoms with E-state index >= 15 is 0 Å². The van der Waals surface area contributed by atoms with Crippen molar-refractivity contribution < 1.29 is 9.90 Å². The minimum absolute atomic E-state index is 0.366. The van der Waals surface area contributed by atoms with Gasteiger partial charge in [0.1, 0.15) is 0 Å². The third kappa shape index (κ3) is 4.29. The van der Waals surface area contributed by atoms with Crippen molar-refractivity contribution >= 4 is 5.97 Å². The second-order valence-electron chi connectivity index (χ2n) is 6.43. The van der Waals surface area contributed by atoms with Crippen LogP contribution >= 0.6 is 0 Å². The van der Waals surface area contributed by atoms with Crippen LogP contribution in [0.5, 0.6) is 0 Å². The molecule has 0 radical (unpaired) electrons. The molecule has 1 aromatic carbocycles. The second-order valence-corrected chi connectivity index (χ2v) is 6.43. The van der Waals surface area contributed by atoms with E-state index in [1.165, 1.54) is 37.8 Å². The van der Waals surface area contributed by atoms with E-state index < -0.39 is 5.97 Å². The van der Waals surface area contributed by atoms with Crippen LogP contribution in [0.1, 0.15) is 41.6 Å². The average Bonchev–Trinajstić information content (AvgIpc) is 3.13. The molecular weight excluding hydrogens is 264 g/mol. The van der Waals surface area contributed by atoms with Crippen molar-refractivity contribution in [2.75, 3.05) is 19.6 Å². The average molecular weight is 288 g/mol. The first-order chi connectivity index (χ1) is 10.2. The lowest BCUT2D eigenvalue weighted by atomic mass is 10.1. The van der Waals surface area contributed by atoms with Crippen molar-refractivity contribution in [3.05, 3.63) is 35.4 Å². The number of aromatic carboxylic acids is 1. The Kier molecular flexibility index (Phi) is 4.56. The van der Waals surface area contributed by atoms with Gasteiger partial charge in [0.2, 0.25) is 0 Å². The molecule has 1 atom stereocenters. The summed E-state index contributed by atoms with van der Waals surface area (Å²) in [6, 6.07) is 7.94. The molecule has 1 unspecified atom stereocenters. The monoisotopic (exact) mass is 288 g/mol. The van der Waals surface area contributed by atoms with Crippen LogP contribution in [-0.2, 0) is 6.54 Å². The summed E-state index contributed by atoms with van der Waals surface area (Å²) < 4.78 is 0. The van der Waals surface area contributed by atoms with E-state index in [1.807, 2.05) is 12.1 Å². The molecule has 1 saturated carbocycles. The molecule has 2 N–H and O–H groups in total. The van der Waals surface area contributed by atoms with Gasteiger partial charge >= 0.3 is 5.97 Å². The van der Waals surface area contributed by atoms with E-state index in [2.05, 4.69) is 10.2 Å². The summed E-state index contributed by atoms with van der Waals surface area (Å²) in [5, 5.41) is 12.5. The van der Waals surface area contributed by atoms with E-state index in [9.17, 15) is 4.79 Å². The molecule has 1 aromatic rings. The van der Waals surface area contributed by atoms with E-state index in [0.717, 1.165) is 25.6 Å². The van der Waals surface area contributed by atoms with Gasteiger partial charge < -0.3 is 10.4 Å². The fraction of sp³-hybridized carbons (Fsp3) is 0.588. The van der Waals surface area contributed by atoms with Crippen molar-refractivity contribution in [1.82, 2.24) is 10.2 Å². The molecule has 2 fully saturated rings. The molecule has 2 aliphatic rings. The number of nitrogens with one attached hydrogen (secondary N) is 1. The highest BCUT2D eigenvalue weighted by Gasteiger charge is 2.26. The Bertz CT molecular complexity index is 476. The maximum absolute atomic E-state index is 10.9. The van der Waals surface area contributed by atoms with Crippen molar-refractivity contribution in [1.29, 1.82) is 0 Å². The molecule has 3 rings (SSSR count). The fourth-order valence-corrected chi connectivity index (χ4v) is 3.10. The molecule has 0 amide bonds. The third-order valence-electron chi connectivity index (χ3n) is 4.46. The lowest BCUT2D eigenvalue weighted by molar-refractivity contribution is 0.0697. The Balaban J connectivity index is 1.60. The standard InChI is InChI=1S/C17H24N2O2/c20-17(21)15-7-5-14(6-8-15)11-19(10-13-3-4-13)12-16-2-1-9-18-16/h5-8,13,16,18H,1-4,9-12H2,(H,20,21). The first kappa shape index (κ1) is 14.5. The number of nitrogens with zero attached hydrogens (tertiary/aromatic N) is 1. The van der Waals surface area contributed by atoms with Gasteiger partial charge in [0, 0.05) is 25.7 Å². The number of carboxylic acids is 1. The Morgan fingerprint density at radius 3 is 2.52 bits per heavy atom. The molecule has 1 aliphatic carbocycles. The van der Waals surface area contributed by atoms with Gasteiger partial charge in [0.15, 0.2) is 0 Å². The number of carbonyl (C=O) groups is 1. The van der Waals surface area contributed by atoms with Crippen LogP contribution in [0.3, 0.4) is 0 Å². The first-order valence-corrected chi connectivity index (χ1v) is 7.98. The smallest absolute Gasteiger partial charge is 0.335 e. The first-order valence-electron chi connectivity index (χ1n) is 7.98. The highest BCUT2D eigenvalue weighted by Crippen LogP contribution is 2.30. The van der Waals surface area contributed by atoms with Gasteiger partial charge in [-0.2, -0.15) is 0 Å². The van der Waals surface area contributed by atoms with Crippen LogP contribution in [0.25, 0.3) is 0 Å². The maximum Gasteiger partial charge on any atom is 0.335 e. The Labute approximate surface area is 126 Å². The van der Waals surface area contributed by atoms with Gasteiger partial charge in [0.05, 0.1) is 5.56 Å². The Morgan fingerprint density at radius 1 is 1.19 bits per heavy atom. The molecule has 4 nitrogen and oxygen atoms in total. The van der Waals surface area contributed by atoms with E-state index in [-0.39, 0.29) is 0 Å². The largest absolute Gasteiger partial charge is 0.478 e. The lowest BCUT2D eigenvalue weighted by Crippen LogP contribution is -2.38. The predicted molar refractivity (Wildman–Crippen MR) is 82.4 cm³/mol. The van der Waals surface area contributed by atoms with Crippen molar-refractivity contribution in [3.63, 3.8) is 0 Å². The SMILES string of the molecule is O=C(O)c1ccc(CN(CC2CC2)CC2CCCN2)cc1. The van der Waals surface area contributed by atoms with Crippen LogP contribution in [0.4, 0.5) is 0 Å². The summed E-state index contributed by atoms with van der Waals surface area (Å²) in [7, 11) is 0. The molecule has 1 heterocycles. The van der Waals surface area contributed by atoms with Crippen LogP contribution in [-0.4, -0.2) is 41.7 Å². The molecular formula is C17H24N2O2. The minimum atomic E-state index is -0.855. The van der Waals surface area contributed by atoms with E-state index in [0.29, 0.717) is 11.6 Å². The highest BCUT2D eigenvalue weighted by molar-refractivity contribution is 5.87. The summed E-state index contributed by atoms with van der Waals surface area (Å²) in [4.78, 5) is 13.4. The number of hydrogen-bond donors (Lipinski definition) is 2. The van der Waals surface area contributed by atoms with Gasteiger partial charge in [-0.25, -0.2) is 4.79 Å². The van der Waals surface area contributed by atoms with Crippen molar-refractivity contribution in [2.24, 2.45) is 5.92 Å². The highest BCUT2D eigenvalue weighted by atomic mass is 16.4. The molecule has 1 aliphatic heterocycles. The van der Waals surface area contributed by atoms with Crippen LogP contribution in [0, 0.1) is 5.92 Å². The second kappa shape index (κ2) is 6.58. The lowest BCUT2D eigenvalue weighted by Gasteiger charge is -2.25. The van der Waals surface area contributed by atoms with Crippen molar-refractivity contribution in [3.8, 4) is 0 Å². The summed E-state index contributed by atoms with van der Waals surface area (Å²) >= 11 is 0. The Hall–Kier alpha value is -1.39. The molecule has 0 aromatic heterocycles. The van der Waals surface area contributed by atoms with Gasteiger partial charge in [-0.1, -0.05) is 12.1 Å². The van der Waals surface area contributed by atoms with Crippen LogP contribution in [0.2, 0.25) is 0 Å². The number of benzene rings is 1. The quantitative estimate of drug-likeness (QED) is 0.808. The summed E-state index contributed by atoms with van der Waals surface area (Å²) in [6.45, 7) is 4.36. The van der Waals surface area contributed by atoms with Gasteiger partial charge in [-0.15, -0.1) is 0 Å². The van der Waals surface area contributed by atoms with Gasteiger partial charge in [-0.05, 0) is 55.8 Å². The fourth-order valence-electron chi connectivity index (χ4n) is 3.10. The third-order valence-corrected chi connectivity index (χ3v) is 4.46. The minimum Gasteiger partial charge on any atom is -0.478 e. The number of hydrogen-bond acceptors (Lipinski definition) is 3. The van der Waals surface area contributed by atoms with Crippen LogP contribution < -0.4 is 5.32 Å². The number of rotatable bonds is 7. The zero-order chi connectivity index (χ0) is 14.7. The summed E-state index contributed by atoms with van der Waals surface area (Å²) in [5.74, 6) is 0.0243. The van der Waals surface area contributed by atoms with E-state index in [4.69, 9.17) is 5.11 Å². The summed E-state index contributed by atoms with van der Waals surface area (Å²) in [6.07, 6.45) is 5.30. The van der Waals surface area contributed by atoms with Gasteiger partial charge in [-0.3, -0.25) is 4.90 Å². The molecule has 1 saturated heterocycles. The zero-order valence-electron chi connectivity index (χ0n) is 12.4. The molecule has 0 bridgehead atoms. The normalized spacial score (nSPS) is 21.9. The molecule has 4 heteroatoms. The van der Waals surface area contributed by atoms with Crippen LogP contribution in [0.15, 0.2) is 24.3 Å². The molecule has 0 spiro atoms. The van der Waals surface area contributed by atoms with Crippen molar-refractivity contribution in [2.45, 2.75) is 38.3 Å². The topological polar surface area (TPSA) is 52.6 Å². The molecule has 21 heavy (non-hydrogen) atoms. The summed E-state index contributed by atoms with van der Waals surface area (Å²) in [5.41, 5.74) is 1.57. The Morgan fingerprint density at radius 2 is 1.95 bits per heavy atom. The molecule has 114 valence electrons. The maximum atomic E-state index is 10.9.